The van der Waals surface area contributed by atoms with Gasteiger partial charge in [-0.1, -0.05) is 61.5 Å². The van der Waals surface area contributed by atoms with Crippen LogP contribution >= 0.6 is 11.3 Å². The second-order valence-corrected chi connectivity index (χ2v) is 12.1. The number of anilines is 1. The molecule has 190 valence electrons. The number of aromatic nitrogens is 4. The highest BCUT2D eigenvalue weighted by Crippen LogP contribution is 2.33. The zero-order chi connectivity index (χ0) is 25.8. The lowest BCUT2D eigenvalue weighted by Crippen LogP contribution is -2.31. The standard InChI is InChI=1S/C28H30N6O2S/c1-27(2,3)23-14-19(33-36-23)13-20(35)12-17-4-6-18(7-5-17)21-15-34-22-8-9-24(30-16-28(29)10-11-28)32-25(22)37-26(34)31-21/h4-9,14-15H,10-13,16,29H2,1-3H3,(H,30,32). The van der Waals surface area contributed by atoms with E-state index in [4.69, 9.17) is 20.2 Å². The number of hydrogen-bond acceptors (Lipinski definition) is 8. The maximum absolute atomic E-state index is 12.6. The number of benzene rings is 1. The van der Waals surface area contributed by atoms with Crippen molar-refractivity contribution in [2.24, 2.45) is 5.73 Å². The van der Waals surface area contributed by atoms with Gasteiger partial charge in [-0.3, -0.25) is 9.20 Å². The van der Waals surface area contributed by atoms with Crippen LogP contribution < -0.4 is 11.1 Å². The first-order valence-corrected chi connectivity index (χ1v) is 13.4. The number of nitrogens with two attached hydrogens (primary N) is 1. The van der Waals surface area contributed by atoms with Crippen LogP contribution in [0.1, 0.15) is 50.6 Å². The third-order valence-corrected chi connectivity index (χ3v) is 7.77. The van der Waals surface area contributed by atoms with Gasteiger partial charge in [-0.25, -0.2) is 9.97 Å². The van der Waals surface area contributed by atoms with Gasteiger partial charge in [0.25, 0.3) is 0 Å². The van der Waals surface area contributed by atoms with Gasteiger partial charge in [-0.05, 0) is 30.5 Å². The maximum atomic E-state index is 12.6. The van der Waals surface area contributed by atoms with Crippen LogP contribution in [-0.2, 0) is 23.1 Å². The zero-order valence-corrected chi connectivity index (χ0v) is 22.1. The Bertz CT molecular complexity index is 1600. The molecule has 8 nitrogen and oxygen atoms in total. The number of carbonyl (C=O) groups is 1. The average Bonchev–Trinajstić information content (AvgIpc) is 3.19. The van der Waals surface area contributed by atoms with E-state index in [1.54, 1.807) is 11.3 Å². The Hall–Kier alpha value is -3.56. The van der Waals surface area contributed by atoms with Crippen molar-refractivity contribution in [2.75, 3.05) is 11.9 Å². The predicted molar refractivity (Wildman–Crippen MR) is 146 cm³/mol. The van der Waals surface area contributed by atoms with Crippen molar-refractivity contribution in [3.05, 3.63) is 65.7 Å². The van der Waals surface area contributed by atoms with E-state index in [2.05, 4.69) is 41.7 Å². The monoisotopic (exact) mass is 514 g/mol. The van der Waals surface area contributed by atoms with Gasteiger partial charge in [0.1, 0.15) is 22.2 Å². The van der Waals surface area contributed by atoms with Crippen LogP contribution in [0.2, 0.25) is 0 Å². The Kier molecular flexibility index (Phi) is 5.65. The van der Waals surface area contributed by atoms with E-state index in [9.17, 15) is 4.79 Å². The lowest BCUT2D eigenvalue weighted by molar-refractivity contribution is -0.117. The summed E-state index contributed by atoms with van der Waals surface area (Å²) in [4.78, 5) is 24.0. The van der Waals surface area contributed by atoms with E-state index < -0.39 is 0 Å². The third kappa shape index (κ3) is 5.01. The first kappa shape index (κ1) is 23.8. The Morgan fingerprint density at radius 2 is 1.92 bits per heavy atom. The molecule has 0 bridgehead atoms. The highest BCUT2D eigenvalue weighted by molar-refractivity contribution is 7.23. The lowest BCUT2D eigenvalue weighted by Gasteiger charge is -2.12. The molecular formula is C28H30N6O2S. The molecule has 3 N–H and O–H groups in total. The maximum Gasteiger partial charge on any atom is 0.196 e. The molecule has 37 heavy (non-hydrogen) atoms. The lowest BCUT2D eigenvalue weighted by atomic mass is 9.93. The van der Waals surface area contributed by atoms with Crippen molar-refractivity contribution in [3.63, 3.8) is 0 Å². The number of ketones is 1. The molecular weight excluding hydrogens is 484 g/mol. The van der Waals surface area contributed by atoms with E-state index >= 15 is 0 Å². The minimum atomic E-state index is -0.126. The Morgan fingerprint density at radius 1 is 1.14 bits per heavy atom. The molecule has 1 aliphatic rings. The number of Topliss-reactive ketones (excluding diaryl/α,β-unsaturated/α-hetero) is 1. The molecule has 4 aromatic heterocycles. The van der Waals surface area contributed by atoms with Crippen molar-refractivity contribution in [2.45, 2.75) is 57.4 Å². The fourth-order valence-electron chi connectivity index (χ4n) is 4.26. The molecule has 1 aliphatic carbocycles. The molecule has 0 radical (unpaired) electrons. The fraction of sp³-hybridized carbons (Fsp3) is 0.357. The van der Waals surface area contributed by atoms with Crippen molar-refractivity contribution >= 4 is 38.2 Å². The van der Waals surface area contributed by atoms with E-state index in [1.165, 1.54) is 0 Å². The molecule has 1 aromatic carbocycles. The minimum absolute atomic E-state index is 0.0639. The van der Waals surface area contributed by atoms with E-state index in [0.29, 0.717) is 12.1 Å². The third-order valence-electron chi connectivity index (χ3n) is 6.80. The quantitative estimate of drug-likeness (QED) is 0.294. The number of thiazole rings is 1. The van der Waals surface area contributed by atoms with Gasteiger partial charge < -0.3 is 15.6 Å². The van der Waals surface area contributed by atoms with Crippen molar-refractivity contribution in [1.82, 2.24) is 19.5 Å². The van der Waals surface area contributed by atoms with Gasteiger partial charge >= 0.3 is 0 Å². The number of fused-ring (bicyclic) bond motifs is 3. The van der Waals surface area contributed by atoms with Crippen LogP contribution in [0.3, 0.4) is 0 Å². The first-order chi connectivity index (χ1) is 17.6. The molecule has 0 spiro atoms. The second kappa shape index (κ2) is 8.78. The fourth-order valence-corrected chi connectivity index (χ4v) is 5.24. The van der Waals surface area contributed by atoms with Crippen molar-refractivity contribution in [1.29, 1.82) is 0 Å². The molecule has 0 aliphatic heterocycles. The van der Waals surface area contributed by atoms with Crippen LogP contribution in [0.5, 0.6) is 0 Å². The van der Waals surface area contributed by atoms with Crippen LogP contribution in [0.15, 0.2) is 53.2 Å². The summed E-state index contributed by atoms with van der Waals surface area (Å²) >= 11 is 1.57. The molecule has 0 amide bonds. The first-order valence-electron chi connectivity index (χ1n) is 12.5. The summed E-state index contributed by atoms with van der Waals surface area (Å²) in [6.45, 7) is 6.93. The SMILES string of the molecule is CC(C)(C)c1cc(CC(=O)Cc2ccc(-c3cn4c(n3)sc3nc(NCC5(N)CC5)ccc34)cc2)no1. The van der Waals surface area contributed by atoms with E-state index in [-0.39, 0.29) is 23.2 Å². The summed E-state index contributed by atoms with van der Waals surface area (Å²) in [5.74, 6) is 1.74. The number of carbonyl (C=O) groups excluding carboxylic acids is 1. The summed E-state index contributed by atoms with van der Waals surface area (Å²) in [5, 5.41) is 7.42. The molecule has 4 heterocycles. The Morgan fingerprint density at radius 3 is 2.62 bits per heavy atom. The number of nitrogens with zero attached hydrogens (tertiary/aromatic N) is 4. The topological polar surface area (TPSA) is 111 Å². The number of nitrogens with one attached hydrogen (secondary N) is 1. The zero-order valence-electron chi connectivity index (χ0n) is 21.2. The molecule has 0 saturated heterocycles. The van der Waals surface area contributed by atoms with Gasteiger partial charge in [0.05, 0.1) is 23.3 Å². The van der Waals surface area contributed by atoms with Crippen LogP contribution in [0.4, 0.5) is 5.82 Å². The molecule has 1 saturated carbocycles. The Labute approximate surface area is 218 Å². The molecule has 5 aromatic rings. The average molecular weight is 515 g/mol. The normalized spacial score (nSPS) is 14.9. The smallest absolute Gasteiger partial charge is 0.196 e. The van der Waals surface area contributed by atoms with Crippen molar-refractivity contribution < 1.29 is 9.32 Å². The predicted octanol–water partition coefficient (Wildman–Crippen LogP) is 5.15. The molecule has 0 atom stereocenters. The van der Waals surface area contributed by atoms with Gasteiger partial charge in [0.15, 0.2) is 4.96 Å². The molecule has 6 rings (SSSR count). The highest BCUT2D eigenvalue weighted by atomic mass is 32.1. The summed E-state index contributed by atoms with van der Waals surface area (Å²) in [6.07, 6.45) is 4.80. The number of rotatable bonds is 8. The highest BCUT2D eigenvalue weighted by Gasteiger charge is 2.37. The van der Waals surface area contributed by atoms with Crippen LogP contribution in [0, 0.1) is 0 Å². The molecule has 9 heteroatoms. The van der Waals surface area contributed by atoms with Crippen LogP contribution in [0.25, 0.3) is 26.6 Å². The van der Waals surface area contributed by atoms with Gasteiger partial charge in [-0.15, -0.1) is 0 Å². The van der Waals surface area contributed by atoms with Gasteiger partial charge in [0.2, 0.25) is 0 Å². The number of imidazole rings is 1. The Balaban J connectivity index is 1.13. The minimum Gasteiger partial charge on any atom is -0.368 e. The largest absolute Gasteiger partial charge is 0.368 e. The van der Waals surface area contributed by atoms with Crippen molar-refractivity contribution in [3.8, 4) is 11.3 Å². The molecule has 0 unspecified atom stereocenters. The number of hydrogen-bond donors (Lipinski definition) is 2. The van der Waals surface area contributed by atoms with Gasteiger partial charge in [0, 0.05) is 41.7 Å². The van der Waals surface area contributed by atoms with Crippen LogP contribution in [-0.4, -0.2) is 37.4 Å². The van der Waals surface area contributed by atoms with Gasteiger partial charge in [-0.2, -0.15) is 0 Å². The van der Waals surface area contributed by atoms with E-state index in [1.807, 2.05) is 42.6 Å². The summed E-state index contributed by atoms with van der Waals surface area (Å²) in [7, 11) is 0. The molecule has 1 fully saturated rings. The summed E-state index contributed by atoms with van der Waals surface area (Å²) < 4.78 is 7.48. The second-order valence-electron chi connectivity index (χ2n) is 11.1. The number of pyridine rings is 1. The summed E-state index contributed by atoms with van der Waals surface area (Å²) in [6, 6.07) is 14.0. The van der Waals surface area contributed by atoms with E-state index in [0.717, 1.165) is 63.1 Å². The summed E-state index contributed by atoms with van der Waals surface area (Å²) in [5.41, 5.74) is 10.6.